The van der Waals surface area contributed by atoms with Crippen LogP contribution in [0.25, 0.3) is 11.1 Å². The molecular weight excluding hydrogens is 769 g/mol. The highest BCUT2D eigenvalue weighted by atomic mass is 32.2. The molecule has 0 spiro atoms. The van der Waals surface area contributed by atoms with Crippen LogP contribution in [0.4, 0.5) is 0 Å². The molecule has 6 nitrogen and oxygen atoms in total. The molecule has 0 fully saturated rings. The molecule has 0 radical (unpaired) electrons. The van der Waals surface area contributed by atoms with Gasteiger partial charge in [0.05, 0.1) is 19.6 Å². The van der Waals surface area contributed by atoms with Gasteiger partial charge in [0.1, 0.15) is 61.6 Å². The van der Waals surface area contributed by atoms with E-state index in [0.29, 0.717) is 0 Å². The third kappa shape index (κ3) is 11.1. The molecule has 52 heavy (non-hydrogen) atoms. The maximum absolute atomic E-state index is 10.8. The van der Waals surface area contributed by atoms with Crippen LogP contribution in [0, 0.1) is 27.7 Å². The van der Waals surface area contributed by atoms with Crippen molar-refractivity contribution in [3.8, 4) is 34.1 Å². The summed E-state index contributed by atoms with van der Waals surface area (Å²) in [5.74, 6) is 3.15. The van der Waals surface area contributed by atoms with Crippen LogP contribution in [0.1, 0.15) is 22.3 Å². The lowest BCUT2D eigenvalue weighted by atomic mass is 9.96. The van der Waals surface area contributed by atoms with Crippen LogP contribution in [0.2, 0.25) is 0 Å². The lowest BCUT2D eigenvalue weighted by Gasteiger charge is -2.20. The highest BCUT2D eigenvalue weighted by Crippen LogP contribution is 2.41. The van der Waals surface area contributed by atoms with E-state index >= 15 is 0 Å². The summed E-state index contributed by atoms with van der Waals surface area (Å²) in [5.41, 5.74) is 6.09. The van der Waals surface area contributed by atoms with Crippen LogP contribution in [0.5, 0.6) is 23.0 Å². The van der Waals surface area contributed by atoms with Crippen molar-refractivity contribution in [1.82, 2.24) is 0 Å². The zero-order chi connectivity index (χ0) is 37.9. The largest absolute Gasteiger partial charge is 0.490 e. The van der Waals surface area contributed by atoms with Crippen LogP contribution in [0.3, 0.4) is 0 Å². The average Bonchev–Trinajstić information content (AvgIpc) is 3.14. The summed E-state index contributed by atoms with van der Waals surface area (Å²) in [7, 11) is 0. The van der Waals surface area contributed by atoms with Crippen LogP contribution < -0.4 is 18.9 Å². The average molecular weight is 819 g/mol. The van der Waals surface area contributed by atoms with Crippen molar-refractivity contribution in [3.63, 3.8) is 0 Å². The summed E-state index contributed by atoms with van der Waals surface area (Å²) in [5, 5.41) is 21.6. The van der Waals surface area contributed by atoms with Gasteiger partial charge in [0.25, 0.3) is 0 Å². The topological polar surface area (TPSA) is 77.4 Å². The van der Waals surface area contributed by atoms with Crippen LogP contribution in [0.15, 0.2) is 77.9 Å². The molecule has 0 aliphatic carbocycles. The highest BCUT2D eigenvalue weighted by Gasteiger charge is 2.18. The van der Waals surface area contributed by atoms with Gasteiger partial charge in [-0.05, 0) is 147 Å². The van der Waals surface area contributed by atoms with Crippen LogP contribution >= 0.6 is 70.6 Å². The zero-order valence-corrected chi connectivity index (χ0v) is 36.5. The highest BCUT2D eigenvalue weighted by molar-refractivity contribution is 8.00. The van der Waals surface area contributed by atoms with Gasteiger partial charge in [-0.15, -0.1) is 70.6 Å². The predicted molar refractivity (Wildman–Crippen MR) is 228 cm³/mol. The first-order chi connectivity index (χ1) is 25.0. The van der Waals surface area contributed by atoms with Gasteiger partial charge in [0.2, 0.25) is 0 Å². The fourth-order valence-corrected chi connectivity index (χ4v) is 9.50. The van der Waals surface area contributed by atoms with Crippen molar-refractivity contribution in [1.29, 1.82) is 0 Å². The molecule has 0 aromatic heterocycles. The number of benzene rings is 4. The summed E-state index contributed by atoms with van der Waals surface area (Å²) in [6.07, 6.45) is 10.7. The molecule has 0 aliphatic rings. The normalized spacial score (nSPS) is 12.5. The van der Waals surface area contributed by atoms with Gasteiger partial charge >= 0.3 is 0 Å². The van der Waals surface area contributed by atoms with Crippen LogP contribution in [-0.4, -0.2) is 86.4 Å². The number of hydrogen-bond donors (Lipinski definition) is 2. The molecule has 282 valence electrons. The first-order valence-electron chi connectivity index (χ1n) is 16.7. The summed E-state index contributed by atoms with van der Waals surface area (Å²) < 4.78 is 24.6. The second-order valence-corrected chi connectivity index (χ2v) is 17.3. The van der Waals surface area contributed by atoms with Gasteiger partial charge in [-0.3, -0.25) is 0 Å². The van der Waals surface area contributed by atoms with Gasteiger partial charge in [-0.2, -0.15) is 0 Å². The van der Waals surface area contributed by atoms with E-state index in [1.54, 1.807) is 70.6 Å². The third-order valence-corrected chi connectivity index (χ3v) is 12.7. The number of hydrogen-bond acceptors (Lipinski definition) is 12. The molecule has 0 saturated heterocycles. The molecule has 0 saturated carbocycles. The number of aliphatic hydroxyl groups excluding tert-OH is 2. The van der Waals surface area contributed by atoms with Crippen molar-refractivity contribution in [2.24, 2.45) is 0 Å². The molecule has 2 atom stereocenters. The fraction of sp³-hybridized carbons (Fsp3) is 0.400. The number of thioether (sulfide) groups is 6. The molecule has 0 aliphatic heterocycles. The molecule has 12 heteroatoms. The molecule has 0 heterocycles. The molecule has 2 N–H and O–H groups in total. The van der Waals surface area contributed by atoms with E-state index in [0.717, 1.165) is 76.0 Å². The first-order valence-corrected chi connectivity index (χ1v) is 24.0. The summed E-state index contributed by atoms with van der Waals surface area (Å²) >= 11 is 9.98. The Morgan fingerprint density at radius 1 is 0.404 bits per heavy atom. The number of aryl methyl sites for hydroxylation is 4. The van der Waals surface area contributed by atoms with E-state index in [1.807, 2.05) is 52.7 Å². The summed E-state index contributed by atoms with van der Waals surface area (Å²) in [4.78, 5) is 6.61. The Labute approximate surface area is 335 Å². The Bertz CT molecular complexity index is 1590. The lowest BCUT2D eigenvalue weighted by molar-refractivity contribution is 0.0601. The standard InChI is InChI=1S/C40H50O6S6/c1-23-11-27(12-24(2)37(23)43-19-29(41)21-45-39-33(49-7)15-31(47-5)16-34(39)50-8)28-13-25(3)38(26(4)14-28)44-20-30(42)22-46-40-35(51-9)17-32(48-6)18-36(40)52-10/h11-18,29-30,41-42H,19-22H2,1-10H3. The minimum absolute atomic E-state index is 0.121. The maximum atomic E-state index is 10.8. The quantitative estimate of drug-likeness (QED) is 0.0885. The molecule has 0 bridgehead atoms. The maximum Gasteiger partial charge on any atom is 0.146 e. The first kappa shape index (κ1) is 42.8. The minimum atomic E-state index is -0.793. The van der Waals surface area contributed by atoms with Crippen LogP contribution in [-0.2, 0) is 0 Å². The summed E-state index contributed by atoms with van der Waals surface area (Å²) in [6.45, 7) is 8.62. The Morgan fingerprint density at radius 3 is 0.885 bits per heavy atom. The van der Waals surface area contributed by atoms with Gasteiger partial charge in [0.15, 0.2) is 0 Å². The SMILES string of the molecule is CSc1cc(SC)c(OCC(O)COc2c(C)cc(-c3cc(C)c(OCC(O)COc4c(SC)cc(SC)cc4SC)c(C)c3)cc2C)c(SC)c1. The lowest BCUT2D eigenvalue weighted by Crippen LogP contribution is -2.25. The predicted octanol–water partition coefficient (Wildman–Crippen LogP) is 10.6. The summed E-state index contributed by atoms with van der Waals surface area (Å²) in [6, 6.07) is 17.0. The third-order valence-electron chi connectivity index (χ3n) is 8.27. The monoisotopic (exact) mass is 818 g/mol. The second-order valence-electron chi connectivity index (χ2n) is 12.2. The fourth-order valence-electron chi connectivity index (χ4n) is 5.74. The van der Waals surface area contributed by atoms with Crippen molar-refractivity contribution < 1.29 is 29.2 Å². The molecule has 4 aromatic carbocycles. The number of ether oxygens (including phenoxy) is 4. The van der Waals surface area contributed by atoms with Gasteiger partial charge in [-0.25, -0.2) is 0 Å². The van der Waals surface area contributed by atoms with Gasteiger partial charge in [0, 0.05) is 9.79 Å². The Kier molecular flexibility index (Phi) is 17.0. The Morgan fingerprint density at radius 2 is 0.654 bits per heavy atom. The van der Waals surface area contributed by atoms with E-state index < -0.39 is 12.2 Å². The van der Waals surface area contributed by atoms with E-state index in [4.69, 9.17) is 18.9 Å². The Balaban J connectivity index is 1.37. The Hall–Kier alpha value is -1.90. The van der Waals surface area contributed by atoms with Crippen molar-refractivity contribution in [2.75, 3.05) is 64.0 Å². The van der Waals surface area contributed by atoms with Crippen molar-refractivity contribution in [3.05, 3.63) is 70.8 Å². The van der Waals surface area contributed by atoms with E-state index in [-0.39, 0.29) is 26.4 Å². The molecule has 0 amide bonds. The van der Waals surface area contributed by atoms with E-state index in [9.17, 15) is 10.2 Å². The van der Waals surface area contributed by atoms with E-state index in [2.05, 4.69) is 61.0 Å². The molecule has 4 aromatic rings. The second kappa shape index (κ2) is 20.7. The van der Waals surface area contributed by atoms with Crippen molar-refractivity contribution in [2.45, 2.75) is 69.3 Å². The number of aliphatic hydroxyl groups is 2. The van der Waals surface area contributed by atoms with Gasteiger partial charge in [-0.1, -0.05) is 0 Å². The van der Waals surface area contributed by atoms with Crippen molar-refractivity contribution >= 4 is 70.6 Å². The number of rotatable bonds is 19. The molecular formula is C40H50O6S6. The smallest absolute Gasteiger partial charge is 0.146 e. The van der Waals surface area contributed by atoms with E-state index in [1.165, 1.54) is 9.79 Å². The molecule has 4 rings (SSSR count). The molecule has 2 unspecified atom stereocenters. The zero-order valence-electron chi connectivity index (χ0n) is 31.6. The minimum Gasteiger partial charge on any atom is -0.490 e. The van der Waals surface area contributed by atoms with Gasteiger partial charge < -0.3 is 29.2 Å².